The van der Waals surface area contributed by atoms with Crippen molar-refractivity contribution in [1.82, 2.24) is 15.0 Å². The van der Waals surface area contributed by atoms with E-state index in [2.05, 4.69) is 10.3 Å². The SMILES string of the molecule is CC(=O)OCC(O)Cn1cc(-c2ccccc2)nn1. The number of carbonyl (C=O) groups excluding carboxylic acids is 1. The highest BCUT2D eigenvalue weighted by Crippen LogP contribution is 2.14. The van der Waals surface area contributed by atoms with Gasteiger partial charge in [0.25, 0.3) is 0 Å². The van der Waals surface area contributed by atoms with Crippen molar-refractivity contribution in [3.05, 3.63) is 36.5 Å². The van der Waals surface area contributed by atoms with Crippen LogP contribution in [0.3, 0.4) is 0 Å². The Morgan fingerprint density at radius 1 is 1.42 bits per heavy atom. The largest absolute Gasteiger partial charge is 0.463 e. The van der Waals surface area contributed by atoms with Crippen LogP contribution < -0.4 is 0 Å². The number of hydrogen-bond acceptors (Lipinski definition) is 5. The Morgan fingerprint density at radius 3 is 2.84 bits per heavy atom. The van der Waals surface area contributed by atoms with E-state index in [1.54, 1.807) is 6.20 Å². The van der Waals surface area contributed by atoms with Crippen LogP contribution in [0, 0.1) is 0 Å². The number of aromatic nitrogens is 3. The molecule has 19 heavy (non-hydrogen) atoms. The molecule has 1 atom stereocenters. The molecule has 0 bridgehead atoms. The van der Waals surface area contributed by atoms with Crippen molar-refractivity contribution in [2.24, 2.45) is 0 Å². The van der Waals surface area contributed by atoms with Gasteiger partial charge in [-0.25, -0.2) is 4.68 Å². The maximum absolute atomic E-state index is 10.6. The normalized spacial score (nSPS) is 12.1. The summed E-state index contributed by atoms with van der Waals surface area (Å²) in [6, 6.07) is 9.64. The Bertz CT molecular complexity index is 539. The number of hydrogen-bond donors (Lipinski definition) is 1. The third-order valence-corrected chi connectivity index (χ3v) is 2.48. The van der Waals surface area contributed by atoms with Crippen molar-refractivity contribution >= 4 is 5.97 Å². The molecule has 0 aliphatic carbocycles. The molecule has 0 fully saturated rings. The van der Waals surface area contributed by atoms with Gasteiger partial charge < -0.3 is 9.84 Å². The fourth-order valence-electron chi connectivity index (χ4n) is 1.61. The zero-order valence-corrected chi connectivity index (χ0v) is 10.6. The Labute approximate surface area is 110 Å². The molecule has 1 aromatic heterocycles. The summed E-state index contributed by atoms with van der Waals surface area (Å²) in [4.78, 5) is 10.6. The average Bonchev–Trinajstić information content (AvgIpc) is 2.86. The first-order chi connectivity index (χ1) is 9.15. The van der Waals surface area contributed by atoms with E-state index in [9.17, 15) is 9.90 Å². The van der Waals surface area contributed by atoms with Crippen LogP contribution in [0.1, 0.15) is 6.92 Å². The summed E-state index contributed by atoms with van der Waals surface area (Å²) in [5.74, 6) is -0.414. The van der Waals surface area contributed by atoms with Gasteiger partial charge in [-0.15, -0.1) is 5.10 Å². The third kappa shape index (κ3) is 3.89. The highest BCUT2D eigenvalue weighted by atomic mass is 16.5. The first-order valence-electron chi connectivity index (χ1n) is 5.92. The van der Waals surface area contributed by atoms with E-state index in [0.29, 0.717) is 0 Å². The van der Waals surface area contributed by atoms with E-state index in [-0.39, 0.29) is 13.2 Å². The van der Waals surface area contributed by atoms with Gasteiger partial charge in [0.05, 0.1) is 12.7 Å². The topological polar surface area (TPSA) is 77.2 Å². The molecule has 6 heteroatoms. The summed E-state index contributed by atoms with van der Waals surface area (Å²) >= 11 is 0. The van der Waals surface area contributed by atoms with Crippen LogP contribution in [0.5, 0.6) is 0 Å². The summed E-state index contributed by atoms with van der Waals surface area (Å²) in [6.07, 6.45) is 0.945. The predicted octanol–water partition coefficient (Wildman–Crippen LogP) is 0.869. The van der Waals surface area contributed by atoms with E-state index in [1.807, 2.05) is 30.3 Å². The highest BCUT2D eigenvalue weighted by Gasteiger charge is 2.10. The fourth-order valence-corrected chi connectivity index (χ4v) is 1.61. The Hall–Kier alpha value is -2.21. The Kier molecular flexibility index (Phi) is 4.25. The molecule has 0 aliphatic heterocycles. The van der Waals surface area contributed by atoms with Crippen LogP contribution in [0.25, 0.3) is 11.3 Å². The number of rotatable bonds is 5. The molecular weight excluding hydrogens is 246 g/mol. The molecule has 0 radical (unpaired) electrons. The monoisotopic (exact) mass is 261 g/mol. The van der Waals surface area contributed by atoms with Gasteiger partial charge in [0.2, 0.25) is 0 Å². The number of ether oxygens (including phenoxy) is 1. The van der Waals surface area contributed by atoms with Gasteiger partial charge in [-0.1, -0.05) is 35.5 Å². The second-order valence-electron chi connectivity index (χ2n) is 4.15. The minimum Gasteiger partial charge on any atom is -0.463 e. The van der Waals surface area contributed by atoms with Crippen molar-refractivity contribution in [2.45, 2.75) is 19.6 Å². The molecule has 100 valence electrons. The molecule has 2 rings (SSSR count). The Balaban J connectivity index is 1.96. The van der Waals surface area contributed by atoms with Gasteiger partial charge in [0, 0.05) is 12.5 Å². The van der Waals surface area contributed by atoms with Crippen LogP contribution in [0.4, 0.5) is 0 Å². The molecule has 1 N–H and O–H groups in total. The Morgan fingerprint density at radius 2 is 2.16 bits per heavy atom. The van der Waals surface area contributed by atoms with Gasteiger partial charge in [-0.2, -0.15) is 0 Å². The summed E-state index contributed by atoms with van der Waals surface area (Å²) in [5, 5.41) is 17.6. The molecule has 0 saturated heterocycles. The van der Waals surface area contributed by atoms with Crippen molar-refractivity contribution in [3.8, 4) is 11.3 Å². The quantitative estimate of drug-likeness (QED) is 0.808. The zero-order valence-electron chi connectivity index (χ0n) is 10.6. The maximum Gasteiger partial charge on any atom is 0.302 e. The molecule has 1 unspecified atom stereocenters. The lowest BCUT2D eigenvalue weighted by Crippen LogP contribution is -2.23. The summed E-state index contributed by atoms with van der Waals surface area (Å²) in [6.45, 7) is 1.48. The third-order valence-electron chi connectivity index (χ3n) is 2.48. The van der Waals surface area contributed by atoms with E-state index in [4.69, 9.17) is 4.74 Å². The molecule has 0 amide bonds. The summed E-state index contributed by atoms with van der Waals surface area (Å²) in [5.41, 5.74) is 1.70. The van der Waals surface area contributed by atoms with E-state index < -0.39 is 12.1 Å². The van der Waals surface area contributed by atoms with Crippen molar-refractivity contribution in [2.75, 3.05) is 6.61 Å². The molecule has 1 aromatic carbocycles. The summed E-state index contributed by atoms with van der Waals surface area (Å²) in [7, 11) is 0. The number of esters is 1. The maximum atomic E-state index is 10.6. The molecule has 6 nitrogen and oxygen atoms in total. The standard InChI is InChI=1S/C13H15N3O3/c1-10(17)19-9-12(18)7-16-8-13(14-15-16)11-5-3-2-4-6-11/h2-6,8,12,18H,7,9H2,1H3. The van der Waals surface area contributed by atoms with Gasteiger partial charge in [0.1, 0.15) is 18.4 Å². The van der Waals surface area contributed by atoms with E-state index in [0.717, 1.165) is 11.3 Å². The lowest BCUT2D eigenvalue weighted by atomic mass is 10.2. The lowest BCUT2D eigenvalue weighted by molar-refractivity contribution is -0.144. The molecule has 1 heterocycles. The second-order valence-corrected chi connectivity index (χ2v) is 4.15. The average molecular weight is 261 g/mol. The lowest BCUT2D eigenvalue weighted by Gasteiger charge is -2.09. The first kappa shape index (κ1) is 13.2. The molecular formula is C13H15N3O3. The predicted molar refractivity (Wildman–Crippen MR) is 68.1 cm³/mol. The number of carbonyl (C=O) groups is 1. The van der Waals surface area contributed by atoms with Crippen molar-refractivity contribution in [3.63, 3.8) is 0 Å². The van der Waals surface area contributed by atoms with E-state index in [1.165, 1.54) is 11.6 Å². The first-order valence-corrected chi connectivity index (χ1v) is 5.92. The van der Waals surface area contributed by atoms with Gasteiger partial charge >= 0.3 is 5.97 Å². The van der Waals surface area contributed by atoms with Crippen LogP contribution in [-0.2, 0) is 16.1 Å². The number of benzene rings is 1. The highest BCUT2D eigenvalue weighted by molar-refractivity contribution is 5.65. The van der Waals surface area contributed by atoms with Crippen LogP contribution >= 0.6 is 0 Å². The minimum atomic E-state index is -0.797. The van der Waals surface area contributed by atoms with Gasteiger partial charge in [0.15, 0.2) is 0 Å². The molecule has 0 aliphatic rings. The fraction of sp³-hybridized carbons (Fsp3) is 0.308. The van der Waals surface area contributed by atoms with Crippen molar-refractivity contribution in [1.29, 1.82) is 0 Å². The van der Waals surface area contributed by atoms with Crippen LogP contribution in [0.15, 0.2) is 36.5 Å². The smallest absolute Gasteiger partial charge is 0.302 e. The molecule has 0 saturated carbocycles. The molecule has 2 aromatic rings. The number of nitrogens with zero attached hydrogens (tertiary/aromatic N) is 3. The second kappa shape index (κ2) is 6.10. The van der Waals surface area contributed by atoms with Gasteiger partial charge in [-0.3, -0.25) is 4.79 Å². The number of aliphatic hydroxyl groups is 1. The minimum absolute atomic E-state index is 0.0458. The van der Waals surface area contributed by atoms with Gasteiger partial charge in [-0.05, 0) is 0 Å². The zero-order chi connectivity index (χ0) is 13.7. The summed E-state index contributed by atoms with van der Waals surface area (Å²) < 4.78 is 6.24. The van der Waals surface area contributed by atoms with Crippen molar-refractivity contribution < 1.29 is 14.6 Å². The number of aliphatic hydroxyl groups excluding tert-OH is 1. The van der Waals surface area contributed by atoms with Crippen LogP contribution in [0.2, 0.25) is 0 Å². The molecule has 0 spiro atoms. The van der Waals surface area contributed by atoms with E-state index >= 15 is 0 Å². The van der Waals surface area contributed by atoms with Crippen LogP contribution in [-0.4, -0.2) is 38.8 Å².